The van der Waals surface area contributed by atoms with Gasteiger partial charge in [0.25, 0.3) is 0 Å². The Labute approximate surface area is 191 Å². The summed E-state index contributed by atoms with van der Waals surface area (Å²) in [7, 11) is 0. The van der Waals surface area contributed by atoms with Gasteiger partial charge in [0.15, 0.2) is 0 Å². The van der Waals surface area contributed by atoms with Gasteiger partial charge in [-0.2, -0.15) is 0 Å². The fourth-order valence-corrected chi connectivity index (χ4v) is 4.19. The lowest BCUT2D eigenvalue weighted by Gasteiger charge is -2.14. The molecule has 3 rings (SSSR count). The largest absolute Gasteiger partial charge is 0.394 e. The number of rotatable bonds is 13. The number of aryl methyl sites for hydroxylation is 1. The van der Waals surface area contributed by atoms with E-state index in [4.69, 9.17) is 5.11 Å². The summed E-state index contributed by atoms with van der Waals surface area (Å²) < 4.78 is 0. The zero-order chi connectivity index (χ0) is 22.8. The lowest BCUT2D eigenvalue weighted by Crippen LogP contribution is -2.12. The maximum absolute atomic E-state index is 12.8. The topological polar surface area (TPSA) is 70.4 Å². The Hall–Kier alpha value is -2.56. The first-order chi connectivity index (χ1) is 15.6. The van der Waals surface area contributed by atoms with E-state index >= 15 is 0 Å². The predicted octanol–water partition coefficient (Wildman–Crippen LogP) is 5.66. The second kappa shape index (κ2) is 12.5. The third kappa shape index (κ3) is 6.72. The Balaban J connectivity index is 1.86. The molecule has 3 aromatic rings. The van der Waals surface area contributed by atoms with Gasteiger partial charge >= 0.3 is 0 Å². The highest BCUT2D eigenvalue weighted by molar-refractivity contribution is 5.97. The van der Waals surface area contributed by atoms with E-state index in [0.717, 1.165) is 46.0 Å². The number of carbonyl (C=O) groups is 1. The summed E-state index contributed by atoms with van der Waals surface area (Å²) in [5, 5.41) is 19.9. The third-order valence-electron chi connectivity index (χ3n) is 5.99. The van der Waals surface area contributed by atoms with Crippen molar-refractivity contribution < 1.29 is 15.0 Å². The van der Waals surface area contributed by atoms with E-state index in [2.05, 4.69) is 30.1 Å². The van der Waals surface area contributed by atoms with E-state index in [1.807, 2.05) is 36.5 Å². The van der Waals surface area contributed by atoms with Crippen LogP contribution in [-0.4, -0.2) is 33.7 Å². The Kier molecular flexibility index (Phi) is 9.39. The monoisotopic (exact) mass is 433 g/mol. The molecule has 0 fully saturated rings. The number of Topliss-reactive ketones (excluding diaryl/α,β-unsaturated/α-hetero) is 1. The quantitative estimate of drug-likeness (QED) is 0.341. The molecular formula is C28H35NO3. The molecule has 0 spiro atoms. The summed E-state index contributed by atoms with van der Waals surface area (Å²) in [5.74, 6) is 0.266. The maximum Gasteiger partial charge on any atom is 0.137 e. The zero-order valence-electron chi connectivity index (χ0n) is 19.1. The van der Waals surface area contributed by atoms with Crippen molar-refractivity contribution in [1.82, 2.24) is 4.98 Å². The molecule has 1 unspecified atom stereocenters. The SMILES string of the molecule is CCCCCCCC(=O)Cc1cnc2ccccc2c1-c1cccc(CCC(O)CO)c1. The molecule has 170 valence electrons. The Morgan fingerprint density at radius 2 is 1.84 bits per heavy atom. The van der Waals surface area contributed by atoms with Crippen molar-refractivity contribution in [2.75, 3.05) is 6.61 Å². The van der Waals surface area contributed by atoms with Crippen LogP contribution in [-0.2, 0) is 17.6 Å². The first-order valence-corrected chi connectivity index (χ1v) is 11.9. The molecule has 1 heterocycles. The Bertz CT molecular complexity index is 1010. The number of nitrogens with zero attached hydrogens (tertiary/aromatic N) is 1. The number of unbranched alkanes of at least 4 members (excludes halogenated alkanes) is 4. The molecule has 0 aliphatic heterocycles. The highest BCUT2D eigenvalue weighted by atomic mass is 16.3. The fourth-order valence-electron chi connectivity index (χ4n) is 4.19. The van der Waals surface area contributed by atoms with Gasteiger partial charge in [-0.3, -0.25) is 9.78 Å². The molecular weight excluding hydrogens is 398 g/mol. The number of aliphatic hydroxyl groups excluding tert-OH is 2. The number of aliphatic hydroxyl groups is 2. The molecule has 0 saturated heterocycles. The predicted molar refractivity (Wildman–Crippen MR) is 131 cm³/mol. The van der Waals surface area contributed by atoms with Gasteiger partial charge in [0, 0.05) is 24.4 Å². The van der Waals surface area contributed by atoms with Crippen molar-refractivity contribution >= 4 is 16.7 Å². The van der Waals surface area contributed by atoms with Gasteiger partial charge in [0.2, 0.25) is 0 Å². The van der Waals surface area contributed by atoms with Crippen LogP contribution in [0.15, 0.2) is 54.7 Å². The summed E-state index contributed by atoms with van der Waals surface area (Å²) in [6, 6.07) is 16.3. The number of fused-ring (bicyclic) bond motifs is 1. The Morgan fingerprint density at radius 3 is 2.66 bits per heavy atom. The minimum atomic E-state index is -0.703. The highest BCUT2D eigenvalue weighted by Crippen LogP contribution is 2.32. The number of carbonyl (C=O) groups excluding carboxylic acids is 1. The second-order valence-electron chi connectivity index (χ2n) is 8.63. The van der Waals surface area contributed by atoms with E-state index < -0.39 is 6.10 Å². The van der Waals surface area contributed by atoms with Crippen LogP contribution in [0, 0.1) is 0 Å². The number of ketones is 1. The average molecular weight is 434 g/mol. The van der Waals surface area contributed by atoms with Crippen LogP contribution in [0.1, 0.15) is 63.0 Å². The molecule has 32 heavy (non-hydrogen) atoms. The van der Waals surface area contributed by atoms with Crippen molar-refractivity contribution in [3.63, 3.8) is 0 Å². The molecule has 1 aromatic heterocycles. The standard InChI is InChI=1S/C28H35NO3/c1-2-3-4-5-6-12-24(31)18-23-19-29-27-14-8-7-13-26(27)28(23)22-11-9-10-21(17-22)15-16-25(32)20-30/h7-11,13-14,17,19,25,30,32H,2-6,12,15-16,18,20H2,1H3. The number of benzene rings is 2. The van der Waals surface area contributed by atoms with Gasteiger partial charge in [0.05, 0.1) is 18.2 Å². The van der Waals surface area contributed by atoms with E-state index in [1.165, 1.54) is 19.3 Å². The van der Waals surface area contributed by atoms with E-state index in [9.17, 15) is 9.90 Å². The van der Waals surface area contributed by atoms with Crippen LogP contribution in [0.3, 0.4) is 0 Å². The van der Waals surface area contributed by atoms with Gasteiger partial charge in [-0.05, 0) is 47.6 Å². The first kappa shape index (κ1) is 24.1. The van der Waals surface area contributed by atoms with Crippen molar-refractivity contribution in [3.8, 4) is 11.1 Å². The molecule has 2 aromatic carbocycles. The van der Waals surface area contributed by atoms with Crippen LogP contribution in [0.5, 0.6) is 0 Å². The van der Waals surface area contributed by atoms with E-state index in [-0.39, 0.29) is 12.4 Å². The van der Waals surface area contributed by atoms with Crippen LogP contribution in [0.2, 0.25) is 0 Å². The number of pyridine rings is 1. The fraction of sp³-hybridized carbons (Fsp3) is 0.429. The van der Waals surface area contributed by atoms with Gasteiger partial charge in [0.1, 0.15) is 5.78 Å². The number of hydrogen-bond acceptors (Lipinski definition) is 4. The zero-order valence-corrected chi connectivity index (χ0v) is 19.1. The highest BCUT2D eigenvalue weighted by Gasteiger charge is 2.15. The van der Waals surface area contributed by atoms with Gasteiger partial charge in [-0.25, -0.2) is 0 Å². The van der Waals surface area contributed by atoms with Gasteiger partial charge in [-0.15, -0.1) is 0 Å². The van der Waals surface area contributed by atoms with Crippen molar-refractivity contribution in [3.05, 3.63) is 65.9 Å². The second-order valence-corrected chi connectivity index (χ2v) is 8.63. The lowest BCUT2D eigenvalue weighted by atomic mass is 9.91. The number of para-hydroxylation sites is 1. The summed E-state index contributed by atoms with van der Waals surface area (Å²) in [4.78, 5) is 17.4. The summed E-state index contributed by atoms with van der Waals surface area (Å²) in [5.41, 5.74) is 5.11. The summed E-state index contributed by atoms with van der Waals surface area (Å²) >= 11 is 0. The average Bonchev–Trinajstić information content (AvgIpc) is 2.82. The van der Waals surface area contributed by atoms with Crippen molar-refractivity contribution in [1.29, 1.82) is 0 Å². The normalized spacial score (nSPS) is 12.2. The minimum absolute atomic E-state index is 0.223. The lowest BCUT2D eigenvalue weighted by molar-refractivity contribution is -0.118. The Morgan fingerprint density at radius 1 is 1.03 bits per heavy atom. The molecule has 2 N–H and O–H groups in total. The molecule has 0 saturated carbocycles. The molecule has 1 atom stereocenters. The van der Waals surface area contributed by atoms with Crippen molar-refractivity contribution in [2.45, 2.75) is 70.8 Å². The van der Waals surface area contributed by atoms with Crippen LogP contribution < -0.4 is 0 Å². The maximum atomic E-state index is 12.8. The molecule has 4 heteroatoms. The molecule has 0 aliphatic carbocycles. The van der Waals surface area contributed by atoms with Crippen LogP contribution in [0.25, 0.3) is 22.0 Å². The van der Waals surface area contributed by atoms with Crippen LogP contribution >= 0.6 is 0 Å². The molecule has 0 radical (unpaired) electrons. The number of aromatic nitrogens is 1. The third-order valence-corrected chi connectivity index (χ3v) is 5.99. The minimum Gasteiger partial charge on any atom is -0.394 e. The smallest absolute Gasteiger partial charge is 0.137 e. The van der Waals surface area contributed by atoms with Crippen LogP contribution in [0.4, 0.5) is 0 Å². The van der Waals surface area contributed by atoms with E-state index in [1.54, 1.807) is 0 Å². The number of hydrogen-bond donors (Lipinski definition) is 2. The first-order valence-electron chi connectivity index (χ1n) is 11.9. The van der Waals surface area contributed by atoms with Crippen molar-refractivity contribution in [2.24, 2.45) is 0 Å². The molecule has 4 nitrogen and oxygen atoms in total. The molecule has 0 bridgehead atoms. The molecule has 0 aliphatic rings. The summed E-state index contributed by atoms with van der Waals surface area (Å²) in [6.45, 7) is 1.97. The van der Waals surface area contributed by atoms with Gasteiger partial charge < -0.3 is 10.2 Å². The van der Waals surface area contributed by atoms with Gasteiger partial charge in [-0.1, -0.05) is 75.1 Å². The molecule has 0 amide bonds. The summed E-state index contributed by atoms with van der Waals surface area (Å²) in [6.07, 6.45) is 9.08. The van der Waals surface area contributed by atoms with E-state index in [0.29, 0.717) is 25.7 Å².